The van der Waals surface area contributed by atoms with E-state index in [1.165, 1.54) is 5.56 Å². The number of aryl methyl sites for hydroxylation is 1. The van der Waals surface area contributed by atoms with Gasteiger partial charge < -0.3 is 4.74 Å². The molecule has 0 amide bonds. The first-order valence-electron chi connectivity index (χ1n) is 7.99. The maximum atomic E-state index is 11.6. The van der Waals surface area contributed by atoms with Crippen LogP contribution < -0.4 is 0 Å². The summed E-state index contributed by atoms with van der Waals surface area (Å²) in [5.74, 6) is -0.0986. The molecular formula is C20H22O4. The molecular weight excluding hydrogens is 304 g/mol. The maximum absolute atomic E-state index is 11.6. The van der Waals surface area contributed by atoms with Gasteiger partial charge in [0.1, 0.15) is 6.61 Å². The van der Waals surface area contributed by atoms with Crippen LogP contribution in [0.15, 0.2) is 60.7 Å². The topological polar surface area (TPSA) is 60.4 Å². The van der Waals surface area contributed by atoms with E-state index in [1.54, 1.807) is 0 Å². The lowest BCUT2D eigenvalue weighted by molar-refractivity contribution is -0.191. The van der Waals surface area contributed by atoms with Crippen LogP contribution in [-0.4, -0.2) is 12.1 Å². The molecule has 0 bridgehead atoms. The van der Waals surface area contributed by atoms with Crippen LogP contribution in [0.4, 0.5) is 0 Å². The second kappa shape index (κ2) is 12.8. The van der Waals surface area contributed by atoms with E-state index in [4.69, 9.17) is 14.3 Å². The van der Waals surface area contributed by atoms with Gasteiger partial charge in [0.25, 0.3) is 0 Å². The lowest BCUT2D eigenvalue weighted by Crippen LogP contribution is -2.04. The van der Waals surface area contributed by atoms with Gasteiger partial charge in [-0.05, 0) is 30.4 Å². The smallest absolute Gasteiger partial charge is 0.373 e. The van der Waals surface area contributed by atoms with E-state index in [9.17, 15) is 4.79 Å². The fourth-order valence-corrected chi connectivity index (χ4v) is 2.23. The minimum absolute atomic E-state index is 0.0986. The van der Waals surface area contributed by atoms with Crippen LogP contribution in [0.25, 0.3) is 0 Å². The van der Waals surface area contributed by atoms with Crippen molar-refractivity contribution >= 4 is 12.1 Å². The predicted octanol–water partition coefficient (Wildman–Crippen LogP) is 3.95. The van der Waals surface area contributed by atoms with Gasteiger partial charge in [0.2, 0.25) is 0 Å². The van der Waals surface area contributed by atoms with Crippen LogP contribution in [-0.2, 0) is 32.1 Å². The molecule has 126 valence electrons. The van der Waals surface area contributed by atoms with Crippen LogP contribution >= 0.6 is 0 Å². The zero-order valence-corrected chi connectivity index (χ0v) is 13.6. The summed E-state index contributed by atoms with van der Waals surface area (Å²) in [5, 5.41) is 0. The van der Waals surface area contributed by atoms with Gasteiger partial charge in [-0.1, -0.05) is 67.1 Å². The summed E-state index contributed by atoms with van der Waals surface area (Å²) in [6.07, 6.45) is 4.94. The Labute approximate surface area is 142 Å². The molecule has 0 spiro atoms. The van der Waals surface area contributed by atoms with Gasteiger partial charge in [-0.15, -0.1) is 0 Å². The van der Waals surface area contributed by atoms with E-state index in [2.05, 4.69) is 24.3 Å². The largest absolute Gasteiger partial charge is 0.461 e. The van der Waals surface area contributed by atoms with Crippen molar-refractivity contribution in [3.8, 4) is 0 Å². The van der Waals surface area contributed by atoms with Crippen LogP contribution in [0.1, 0.15) is 36.8 Å². The molecule has 4 heteroatoms. The third-order valence-corrected chi connectivity index (χ3v) is 3.43. The summed E-state index contributed by atoms with van der Waals surface area (Å²) in [5.41, 5.74) is 2.40. The Morgan fingerprint density at radius 2 is 1.33 bits per heavy atom. The third-order valence-electron chi connectivity index (χ3n) is 3.43. The molecule has 0 atom stereocenters. The summed E-state index contributed by atoms with van der Waals surface area (Å²) >= 11 is 0. The summed E-state index contributed by atoms with van der Waals surface area (Å²) in [6.45, 7) is 0.379. The molecule has 0 radical (unpaired) electrons. The number of benzene rings is 2. The molecule has 0 fully saturated rings. The van der Waals surface area contributed by atoms with Crippen molar-refractivity contribution in [2.24, 2.45) is 0 Å². The summed E-state index contributed by atoms with van der Waals surface area (Å²) in [7, 11) is 0. The molecule has 2 rings (SSSR count). The molecule has 0 N–H and O–H groups in total. The second-order valence-electron chi connectivity index (χ2n) is 5.28. The van der Waals surface area contributed by atoms with Gasteiger partial charge in [-0.25, -0.2) is 0 Å². The third kappa shape index (κ3) is 9.34. The minimum atomic E-state index is -0.0986. The minimum Gasteiger partial charge on any atom is -0.461 e. The van der Waals surface area contributed by atoms with Crippen molar-refractivity contribution in [1.29, 1.82) is 0 Å². The number of esters is 1. The average Bonchev–Trinajstić information content (AvgIpc) is 2.62. The van der Waals surface area contributed by atoms with E-state index in [0.29, 0.717) is 13.0 Å². The van der Waals surface area contributed by atoms with Crippen LogP contribution in [0.3, 0.4) is 0 Å². The first-order chi connectivity index (χ1) is 11.8. The Kier molecular flexibility index (Phi) is 10.3. The molecule has 0 saturated carbocycles. The van der Waals surface area contributed by atoms with Gasteiger partial charge in [0.05, 0.1) is 0 Å². The van der Waals surface area contributed by atoms with E-state index >= 15 is 0 Å². The van der Waals surface area contributed by atoms with E-state index in [0.717, 1.165) is 31.2 Å². The van der Waals surface area contributed by atoms with Gasteiger partial charge in [-0.2, -0.15) is 9.59 Å². The van der Waals surface area contributed by atoms with Crippen molar-refractivity contribution in [3.63, 3.8) is 0 Å². The predicted molar refractivity (Wildman–Crippen MR) is 89.9 cm³/mol. The number of ether oxygens (including phenoxy) is 1. The number of carbonyl (C=O) groups excluding carboxylic acids is 3. The van der Waals surface area contributed by atoms with Crippen molar-refractivity contribution < 1.29 is 19.1 Å². The molecule has 0 unspecified atom stereocenters. The van der Waals surface area contributed by atoms with E-state index < -0.39 is 0 Å². The number of unbranched alkanes of at least 4 members (excludes halogenated alkanes) is 2. The molecule has 0 aliphatic heterocycles. The zero-order valence-electron chi connectivity index (χ0n) is 13.6. The molecule has 2 aromatic carbocycles. The van der Waals surface area contributed by atoms with E-state index in [-0.39, 0.29) is 12.1 Å². The number of rotatable bonds is 8. The fourth-order valence-electron chi connectivity index (χ4n) is 2.23. The normalized spacial score (nSPS) is 9.33. The first kappa shape index (κ1) is 19.3. The first-order valence-corrected chi connectivity index (χ1v) is 7.99. The lowest BCUT2D eigenvalue weighted by Gasteiger charge is -2.05. The maximum Gasteiger partial charge on any atom is 0.373 e. The van der Waals surface area contributed by atoms with Gasteiger partial charge in [0, 0.05) is 6.42 Å². The SMILES string of the molecule is O=C(CCCCCc1ccccc1)OCc1ccccc1.O=C=O. The highest BCUT2D eigenvalue weighted by molar-refractivity contribution is 5.69. The lowest BCUT2D eigenvalue weighted by atomic mass is 10.1. The highest BCUT2D eigenvalue weighted by Gasteiger charge is 2.03. The fraction of sp³-hybridized carbons (Fsp3) is 0.300. The van der Waals surface area contributed by atoms with Gasteiger partial charge in [-0.3, -0.25) is 4.79 Å². The van der Waals surface area contributed by atoms with Crippen molar-refractivity contribution in [2.45, 2.75) is 38.7 Å². The molecule has 0 aliphatic carbocycles. The number of hydrogen-bond donors (Lipinski definition) is 0. The molecule has 2 aromatic rings. The highest BCUT2D eigenvalue weighted by atomic mass is 16.5. The quantitative estimate of drug-likeness (QED) is 0.544. The Hall–Kier alpha value is -2.71. The summed E-state index contributed by atoms with van der Waals surface area (Å²) < 4.78 is 5.25. The standard InChI is InChI=1S/C19H22O2.CO2/c20-19(21-16-18-13-7-2-8-14-18)15-9-3-6-12-17-10-4-1-5-11-17;2-1-3/h1-2,4-5,7-8,10-11,13-14H,3,6,9,12,15-16H2;. The van der Waals surface area contributed by atoms with Crippen molar-refractivity contribution in [2.75, 3.05) is 0 Å². The average molecular weight is 326 g/mol. The second-order valence-corrected chi connectivity index (χ2v) is 5.28. The van der Waals surface area contributed by atoms with Crippen LogP contribution in [0.2, 0.25) is 0 Å². The summed E-state index contributed by atoms with van der Waals surface area (Å²) in [4.78, 5) is 27.9. The Bertz CT molecular complexity index is 602. The number of hydrogen-bond acceptors (Lipinski definition) is 4. The molecule has 0 aromatic heterocycles. The Balaban J connectivity index is 0.000000891. The monoisotopic (exact) mass is 326 g/mol. The molecule has 0 aliphatic rings. The number of carbonyl (C=O) groups is 1. The van der Waals surface area contributed by atoms with Crippen molar-refractivity contribution in [1.82, 2.24) is 0 Å². The molecule has 0 saturated heterocycles. The Morgan fingerprint density at radius 1 is 0.792 bits per heavy atom. The van der Waals surface area contributed by atoms with Gasteiger partial charge in [0.15, 0.2) is 0 Å². The highest BCUT2D eigenvalue weighted by Crippen LogP contribution is 2.09. The molecule has 0 heterocycles. The molecule has 24 heavy (non-hydrogen) atoms. The van der Waals surface area contributed by atoms with E-state index in [1.807, 2.05) is 36.4 Å². The van der Waals surface area contributed by atoms with Crippen LogP contribution in [0, 0.1) is 0 Å². The zero-order chi connectivity index (χ0) is 17.5. The van der Waals surface area contributed by atoms with Gasteiger partial charge >= 0.3 is 12.1 Å². The molecule has 4 nitrogen and oxygen atoms in total. The van der Waals surface area contributed by atoms with Crippen molar-refractivity contribution in [3.05, 3.63) is 71.8 Å². The summed E-state index contributed by atoms with van der Waals surface area (Å²) in [6, 6.07) is 20.2. The Morgan fingerprint density at radius 3 is 1.92 bits per heavy atom. The van der Waals surface area contributed by atoms with Crippen LogP contribution in [0.5, 0.6) is 0 Å².